The Kier molecular flexibility index (Phi) is 7.72. The zero-order valence-corrected chi connectivity index (χ0v) is 16.4. The third-order valence-electron chi connectivity index (χ3n) is 5.41. The Hall–Kier alpha value is -1.79. The molecule has 0 saturated carbocycles. The molecule has 148 valence electrons. The normalized spacial score (nSPS) is 21.4. The Morgan fingerprint density at radius 1 is 1.08 bits per heavy atom. The smallest absolute Gasteiger partial charge is 0.409 e. The Bertz CT molecular complexity index is 503. The number of hydrogen-bond donors (Lipinski definition) is 0. The highest BCUT2D eigenvalue weighted by Gasteiger charge is 2.29. The summed E-state index contributed by atoms with van der Waals surface area (Å²) in [6.07, 6.45) is 3.80. The van der Waals surface area contributed by atoms with Crippen molar-refractivity contribution in [3.8, 4) is 0 Å². The van der Waals surface area contributed by atoms with Crippen molar-refractivity contribution in [1.29, 1.82) is 0 Å². The van der Waals surface area contributed by atoms with Crippen LogP contribution in [0.5, 0.6) is 0 Å². The van der Waals surface area contributed by atoms with Crippen LogP contribution in [0.2, 0.25) is 0 Å². The van der Waals surface area contributed by atoms with E-state index in [9.17, 15) is 14.4 Å². The predicted octanol–water partition coefficient (Wildman–Crippen LogP) is 2.10. The number of rotatable bonds is 5. The van der Waals surface area contributed by atoms with E-state index >= 15 is 0 Å². The molecule has 0 aromatic rings. The number of carbonyl (C=O) groups is 3. The summed E-state index contributed by atoms with van der Waals surface area (Å²) in [5.74, 6) is 0.704. The molecule has 1 atom stereocenters. The van der Waals surface area contributed by atoms with Crippen molar-refractivity contribution < 1.29 is 19.1 Å². The summed E-state index contributed by atoms with van der Waals surface area (Å²) in [5, 5.41) is 0. The van der Waals surface area contributed by atoms with Crippen LogP contribution >= 0.6 is 0 Å². The van der Waals surface area contributed by atoms with E-state index in [4.69, 9.17) is 4.74 Å². The molecular weight excluding hydrogens is 334 g/mol. The third kappa shape index (κ3) is 5.61. The predicted molar refractivity (Wildman–Crippen MR) is 98.6 cm³/mol. The number of ether oxygens (including phenoxy) is 1. The molecule has 2 saturated heterocycles. The first-order chi connectivity index (χ1) is 12.4. The maximum Gasteiger partial charge on any atom is 0.409 e. The van der Waals surface area contributed by atoms with Crippen molar-refractivity contribution in [1.82, 2.24) is 14.7 Å². The van der Waals surface area contributed by atoms with Gasteiger partial charge in [0.1, 0.15) is 0 Å². The first-order valence-corrected chi connectivity index (χ1v) is 9.89. The summed E-state index contributed by atoms with van der Waals surface area (Å²) in [7, 11) is 0. The van der Waals surface area contributed by atoms with Crippen molar-refractivity contribution >= 4 is 17.9 Å². The quantitative estimate of drug-likeness (QED) is 0.746. The lowest BCUT2D eigenvalue weighted by Crippen LogP contribution is -2.49. The fourth-order valence-electron chi connectivity index (χ4n) is 3.96. The molecule has 0 bridgehead atoms. The standard InChI is InChI=1S/C19H33N3O4/c1-4-26-19(25)20-11-7-17(8-12-20)22(16(3)23)13-9-18(24)21-10-5-6-15(2)14-21/h15,17H,4-14H2,1-3H3. The van der Waals surface area contributed by atoms with Crippen LogP contribution in [-0.2, 0) is 14.3 Å². The van der Waals surface area contributed by atoms with Gasteiger partial charge in [-0.15, -0.1) is 0 Å². The van der Waals surface area contributed by atoms with Crippen LogP contribution in [0.3, 0.4) is 0 Å². The number of amides is 3. The van der Waals surface area contributed by atoms with E-state index in [0.29, 0.717) is 38.6 Å². The largest absolute Gasteiger partial charge is 0.450 e. The average Bonchev–Trinajstić information content (AvgIpc) is 2.62. The van der Waals surface area contributed by atoms with Gasteiger partial charge in [-0.05, 0) is 38.5 Å². The van der Waals surface area contributed by atoms with Gasteiger partial charge in [0.05, 0.1) is 6.61 Å². The minimum Gasteiger partial charge on any atom is -0.450 e. The molecule has 7 heteroatoms. The Morgan fingerprint density at radius 3 is 2.35 bits per heavy atom. The summed E-state index contributed by atoms with van der Waals surface area (Å²) >= 11 is 0. The molecule has 2 heterocycles. The van der Waals surface area contributed by atoms with Gasteiger partial charge in [0.25, 0.3) is 0 Å². The Morgan fingerprint density at radius 2 is 1.77 bits per heavy atom. The minimum atomic E-state index is -0.283. The summed E-state index contributed by atoms with van der Waals surface area (Å²) in [5.41, 5.74) is 0. The fraction of sp³-hybridized carbons (Fsp3) is 0.842. The van der Waals surface area contributed by atoms with E-state index < -0.39 is 0 Å². The molecule has 2 aliphatic rings. The number of carbonyl (C=O) groups excluding carboxylic acids is 3. The first-order valence-electron chi connectivity index (χ1n) is 9.89. The number of likely N-dealkylation sites (tertiary alicyclic amines) is 2. The maximum atomic E-state index is 12.5. The van der Waals surface area contributed by atoms with Crippen molar-refractivity contribution in [3.63, 3.8) is 0 Å². The summed E-state index contributed by atoms with van der Waals surface area (Å²) in [4.78, 5) is 41.8. The van der Waals surface area contributed by atoms with Crippen LogP contribution in [0, 0.1) is 5.92 Å². The second-order valence-corrected chi connectivity index (χ2v) is 7.47. The van der Waals surface area contributed by atoms with Crippen molar-refractivity contribution in [2.75, 3.05) is 39.3 Å². The van der Waals surface area contributed by atoms with Gasteiger partial charge in [0.2, 0.25) is 11.8 Å². The highest BCUT2D eigenvalue weighted by Crippen LogP contribution is 2.20. The van der Waals surface area contributed by atoms with E-state index in [0.717, 1.165) is 32.4 Å². The van der Waals surface area contributed by atoms with Crippen LogP contribution in [-0.4, -0.2) is 78.0 Å². The molecule has 7 nitrogen and oxygen atoms in total. The molecule has 0 radical (unpaired) electrons. The van der Waals surface area contributed by atoms with Crippen LogP contribution in [0.1, 0.15) is 52.9 Å². The van der Waals surface area contributed by atoms with Crippen LogP contribution < -0.4 is 0 Å². The topological polar surface area (TPSA) is 70.2 Å². The van der Waals surface area contributed by atoms with Crippen LogP contribution in [0.15, 0.2) is 0 Å². The Labute approximate surface area is 156 Å². The van der Waals surface area contributed by atoms with E-state index in [1.807, 2.05) is 9.80 Å². The second kappa shape index (κ2) is 9.78. The molecule has 26 heavy (non-hydrogen) atoms. The van der Waals surface area contributed by atoms with Gasteiger partial charge < -0.3 is 19.4 Å². The van der Waals surface area contributed by atoms with E-state index in [-0.39, 0.29) is 23.9 Å². The van der Waals surface area contributed by atoms with E-state index in [2.05, 4.69) is 6.92 Å². The Balaban J connectivity index is 1.82. The third-order valence-corrected chi connectivity index (χ3v) is 5.41. The summed E-state index contributed by atoms with van der Waals surface area (Å²) < 4.78 is 5.04. The lowest BCUT2D eigenvalue weighted by molar-refractivity contribution is -0.136. The SMILES string of the molecule is CCOC(=O)N1CCC(N(CCC(=O)N2CCCC(C)C2)C(C)=O)CC1. The highest BCUT2D eigenvalue weighted by atomic mass is 16.6. The van der Waals surface area contributed by atoms with Gasteiger partial charge in [0, 0.05) is 52.1 Å². The number of hydrogen-bond acceptors (Lipinski definition) is 4. The molecule has 2 rings (SSSR count). The van der Waals surface area contributed by atoms with Crippen molar-refractivity contribution in [2.24, 2.45) is 5.92 Å². The minimum absolute atomic E-state index is 0.000558. The van der Waals surface area contributed by atoms with Gasteiger partial charge in [-0.25, -0.2) is 4.79 Å². The monoisotopic (exact) mass is 367 g/mol. The lowest BCUT2D eigenvalue weighted by Gasteiger charge is -2.38. The van der Waals surface area contributed by atoms with Crippen LogP contribution in [0.25, 0.3) is 0 Å². The van der Waals surface area contributed by atoms with Crippen LogP contribution in [0.4, 0.5) is 4.79 Å². The molecule has 0 aliphatic carbocycles. The van der Waals surface area contributed by atoms with Crippen molar-refractivity contribution in [2.45, 2.75) is 58.9 Å². The molecule has 1 unspecified atom stereocenters. The molecular formula is C19H33N3O4. The fourth-order valence-corrected chi connectivity index (χ4v) is 3.96. The van der Waals surface area contributed by atoms with Crippen molar-refractivity contribution in [3.05, 3.63) is 0 Å². The van der Waals surface area contributed by atoms with Gasteiger partial charge in [-0.1, -0.05) is 6.92 Å². The molecule has 0 aromatic carbocycles. The average molecular weight is 367 g/mol. The van der Waals surface area contributed by atoms with Gasteiger partial charge >= 0.3 is 6.09 Å². The molecule has 2 fully saturated rings. The van der Waals surface area contributed by atoms with Gasteiger partial charge in [-0.2, -0.15) is 0 Å². The zero-order valence-electron chi connectivity index (χ0n) is 16.4. The van der Waals surface area contributed by atoms with Gasteiger partial charge in [0.15, 0.2) is 0 Å². The van der Waals surface area contributed by atoms with E-state index in [1.165, 1.54) is 6.42 Å². The molecule has 0 aromatic heterocycles. The van der Waals surface area contributed by atoms with E-state index in [1.54, 1.807) is 18.7 Å². The number of nitrogens with zero attached hydrogens (tertiary/aromatic N) is 3. The molecule has 0 spiro atoms. The highest BCUT2D eigenvalue weighted by molar-refractivity contribution is 5.78. The first kappa shape index (κ1) is 20.5. The summed E-state index contributed by atoms with van der Waals surface area (Å²) in [6, 6.07) is 0.0891. The maximum absolute atomic E-state index is 12.5. The second-order valence-electron chi connectivity index (χ2n) is 7.47. The zero-order chi connectivity index (χ0) is 19.1. The molecule has 0 N–H and O–H groups in total. The molecule has 3 amide bonds. The molecule has 2 aliphatic heterocycles. The van der Waals surface area contributed by atoms with Gasteiger partial charge in [-0.3, -0.25) is 9.59 Å². The summed E-state index contributed by atoms with van der Waals surface area (Å²) in [6.45, 7) is 9.21. The number of piperidine rings is 2. The lowest BCUT2D eigenvalue weighted by atomic mass is 10.00.